The van der Waals surface area contributed by atoms with Crippen LogP contribution in [-0.4, -0.2) is 25.2 Å². The lowest BCUT2D eigenvalue weighted by atomic mass is 10.1. The van der Waals surface area contributed by atoms with Gasteiger partial charge in [-0.2, -0.15) is 5.10 Å². The normalized spacial score (nSPS) is 12.5. The molecule has 142 valence electrons. The molecule has 0 aliphatic carbocycles. The van der Waals surface area contributed by atoms with Crippen LogP contribution in [0.15, 0.2) is 40.2 Å². The summed E-state index contributed by atoms with van der Waals surface area (Å²) in [6.07, 6.45) is 3.64. The van der Waals surface area contributed by atoms with Gasteiger partial charge in [0, 0.05) is 29.9 Å². The van der Waals surface area contributed by atoms with Crippen LogP contribution in [0, 0.1) is 0 Å². The van der Waals surface area contributed by atoms with Gasteiger partial charge >= 0.3 is 5.69 Å². The van der Waals surface area contributed by atoms with Crippen molar-refractivity contribution in [1.82, 2.24) is 24.6 Å². The molecule has 1 atom stereocenters. The molecule has 0 radical (unpaired) electrons. The Hall–Kier alpha value is -3.16. The molecule has 0 spiro atoms. The van der Waals surface area contributed by atoms with Gasteiger partial charge < -0.3 is 10.3 Å². The summed E-state index contributed by atoms with van der Waals surface area (Å²) in [5.41, 5.74) is 0.773. The number of nitrogens with zero attached hydrogens (tertiary/aromatic N) is 3. The molecule has 8 nitrogen and oxygen atoms in total. The zero-order chi connectivity index (χ0) is 19.7. The molecule has 3 rings (SSSR count). The first-order chi connectivity index (χ1) is 12.8. The van der Waals surface area contributed by atoms with E-state index in [0.29, 0.717) is 16.5 Å². The van der Waals surface area contributed by atoms with Crippen LogP contribution in [0.25, 0.3) is 10.9 Å². The van der Waals surface area contributed by atoms with Gasteiger partial charge in [-0.3, -0.25) is 18.8 Å². The second kappa shape index (κ2) is 7.22. The van der Waals surface area contributed by atoms with Crippen molar-refractivity contribution in [2.24, 2.45) is 0 Å². The number of aromatic nitrogens is 4. The summed E-state index contributed by atoms with van der Waals surface area (Å²) in [4.78, 5) is 39.6. The minimum absolute atomic E-state index is 0.229. The molecule has 0 saturated carbocycles. The number of hydrogen-bond acceptors (Lipinski definition) is 4. The molecule has 8 heteroatoms. The van der Waals surface area contributed by atoms with Crippen molar-refractivity contribution in [1.29, 1.82) is 0 Å². The fourth-order valence-corrected chi connectivity index (χ4v) is 2.90. The molecular weight excluding hydrogens is 346 g/mol. The summed E-state index contributed by atoms with van der Waals surface area (Å²) in [7, 11) is 0. The van der Waals surface area contributed by atoms with E-state index in [9.17, 15) is 14.4 Å². The highest BCUT2D eigenvalue weighted by atomic mass is 16.2. The maximum Gasteiger partial charge on any atom is 0.328 e. The Morgan fingerprint density at radius 2 is 2.00 bits per heavy atom. The van der Waals surface area contributed by atoms with Crippen LogP contribution >= 0.6 is 0 Å². The van der Waals surface area contributed by atoms with E-state index >= 15 is 0 Å². The third-order valence-corrected chi connectivity index (χ3v) is 4.56. The van der Waals surface area contributed by atoms with Crippen molar-refractivity contribution >= 4 is 16.8 Å². The van der Waals surface area contributed by atoms with Gasteiger partial charge in [-0.1, -0.05) is 0 Å². The molecule has 2 aromatic heterocycles. The summed E-state index contributed by atoms with van der Waals surface area (Å²) in [6.45, 7) is 7.95. The average Bonchev–Trinajstić information content (AvgIpc) is 3.12. The summed E-state index contributed by atoms with van der Waals surface area (Å²) < 4.78 is 2.95. The largest absolute Gasteiger partial charge is 0.345 e. The van der Waals surface area contributed by atoms with Gasteiger partial charge in [-0.25, -0.2) is 4.79 Å². The predicted molar refractivity (Wildman–Crippen MR) is 103 cm³/mol. The Bertz CT molecular complexity index is 1110. The van der Waals surface area contributed by atoms with Crippen LogP contribution in [-0.2, 0) is 6.54 Å². The smallest absolute Gasteiger partial charge is 0.328 e. The van der Waals surface area contributed by atoms with E-state index in [2.05, 4.69) is 15.4 Å². The number of H-pyrrole nitrogens is 1. The first-order valence-corrected chi connectivity index (χ1v) is 8.93. The third-order valence-electron chi connectivity index (χ3n) is 4.56. The van der Waals surface area contributed by atoms with Crippen LogP contribution in [0.2, 0.25) is 0 Å². The highest BCUT2D eigenvalue weighted by Crippen LogP contribution is 2.15. The van der Waals surface area contributed by atoms with Crippen molar-refractivity contribution in [2.45, 2.75) is 46.3 Å². The summed E-state index contributed by atoms with van der Waals surface area (Å²) in [5, 5.41) is 7.57. The molecule has 1 unspecified atom stereocenters. The molecule has 0 aliphatic heterocycles. The lowest BCUT2D eigenvalue weighted by Crippen LogP contribution is -2.34. The number of benzene rings is 1. The number of fused-ring (bicyclic) bond motifs is 1. The molecule has 2 N–H and O–H groups in total. The van der Waals surface area contributed by atoms with Crippen LogP contribution in [0.4, 0.5) is 0 Å². The standard InChI is InChI=1S/C19H23N5O3/c1-5-23-18(26)15-7-6-13(8-16(15)22-19(23)27)17(25)21-12(4)14-9-20-24(10-14)11(2)3/h6-12H,5H2,1-4H3,(H,21,25)(H,22,27). The number of nitrogens with one attached hydrogen (secondary N) is 2. The molecule has 3 aromatic rings. The van der Waals surface area contributed by atoms with Gasteiger partial charge in [0.2, 0.25) is 0 Å². The highest BCUT2D eigenvalue weighted by molar-refractivity contribution is 5.97. The van der Waals surface area contributed by atoms with E-state index in [-0.39, 0.29) is 30.1 Å². The Morgan fingerprint density at radius 1 is 1.26 bits per heavy atom. The van der Waals surface area contributed by atoms with Crippen molar-refractivity contribution in [3.63, 3.8) is 0 Å². The van der Waals surface area contributed by atoms with Crippen LogP contribution < -0.4 is 16.6 Å². The maximum atomic E-state index is 12.6. The molecule has 2 heterocycles. The van der Waals surface area contributed by atoms with E-state index in [1.807, 2.05) is 31.6 Å². The van der Waals surface area contributed by atoms with Gasteiger partial charge in [0.05, 0.1) is 23.1 Å². The number of amides is 1. The van der Waals surface area contributed by atoms with Gasteiger partial charge in [-0.05, 0) is 45.9 Å². The first-order valence-electron chi connectivity index (χ1n) is 8.93. The van der Waals surface area contributed by atoms with E-state index in [1.165, 1.54) is 6.07 Å². The van der Waals surface area contributed by atoms with Crippen LogP contribution in [0.3, 0.4) is 0 Å². The van der Waals surface area contributed by atoms with Crippen molar-refractivity contribution in [3.05, 3.63) is 62.6 Å². The number of carbonyl (C=O) groups excluding carboxylic acids is 1. The van der Waals surface area contributed by atoms with E-state index in [4.69, 9.17) is 0 Å². The Balaban J connectivity index is 1.87. The Kier molecular flexibility index (Phi) is 4.98. The third kappa shape index (κ3) is 3.55. The van der Waals surface area contributed by atoms with E-state index in [0.717, 1.165) is 10.1 Å². The van der Waals surface area contributed by atoms with Gasteiger partial charge in [0.25, 0.3) is 11.5 Å². The zero-order valence-corrected chi connectivity index (χ0v) is 15.8. The van der Waals surface area contributed by atoms with Crippen molar-refractivity contribution in [2.75, 3.05) is 0 Å². The lowest BCUT2D eigenvalue weighted by Gasteiger charge is -2.13. The Labute approximate surface area is 155 Å². The minimum atomic E-state index is -0.484. The van der Waals surface area contributed by atoms with E-state index < -0.39 is 5.69 Å². The van der Waals surface area contributed by atoms with Gasteiger partial charge in [0.1, 0.15) is 0 Å². The monoisotopic (exact) mass is 369 g/mol. The maximum absolute atomic E-state index is 12.6. The number of carbonyl (C=O) groups is 1. The molecule has 0 aliphatic rings. The minimum Gasteiger partial charge on any atom is -0.345 e. The first kappa shape index (κ1) is 18.6. The van der Waals surface area contributed by atoms with E-state index in [1.54, 1.807) is 25.3 Å². The topological polar surface area (TPSA) is 102 Å². The van der Waals surface area contributed by atoms with Crippen molar-refractivity contribution < 1.29 is 4.79 Å². The quantitative estimate of drug-likeness (QED) is 0.718. The van der Waals surface area contributed by atoms with Gasteiger partial charge in [-0.15, -0.1) is 0 Å². The van der Waals surface area contributed by atoms with Crippen LogP contribution in [0.5, 0.6) is 0 Å². The predicted octanol–water partition coefficient (Wildman–Crippen LogP) is 1.98. The zero-order valence-electron chi connectivity index (χ0n) is 15.8. The molecule has 0 bridgehead atoms. The SMILES string of the molecule is CCn1c(=O)[nH]c2cc(C(=O)NC(C)c3cnn(C(C)C)c3)ccc2c1=O. The Morgan fingerprint density at radius 3 is 2.63 bits per heavy atom. The molecule has 27 heavy (non-hydrogen) atoms. The summed E-state index contributed by atoms with van der Waals surface area (Å²) in [6, 6.07) is 4.69. The van der Waals surface area contributed by atoms with Crippen LogP contribution in [0.1, 0.15) is 55.7 Å². The van der Waals surface area contributed by atoms with Crippen molar-refractivity contribution in [3.8, 4) is 0 Å². The fourth-order valence-electron chi connectivity index (χ4n) is 2.90. The highest BCUT2D eigenvalue weighted by Gasteiger charge is 2.15. The number of aromatic amines is 1. The summed E-state index contributed by atoms with van der Waals surface area (Å²) in [5.74, 6) is -0.290. The molecule has 1 amide bonds. The molecule has 0 fully saturated rings. The molecular formula is C19H23N5O3. The fraction of sp³-hybridized carbons (Fsp3) is 0.368. The lowest BCUT2D eigenvalue weighted by molar-refractivity contribution is 0.0940. The second-order valence-electron chi connectivity index (χ2n) is 6.78. The number of rotatable bonds is 5. The second-order valence-corrected chi connectivity index (χ2v) is 6.78. The summed E-state index contributed by atoms with van der Waals surface area (Å²) >= 11 is 0. The average molecular weight is 369 g/mol. The molecule has 0 saturated heterocycles. The van der Waals surface area contributed by atoms with Gasteiger partial charge in [0.15, 0.2) is 0 Å². The molecule has 1 aromatic carbocycles. The number of hydrogen-bond donors (Lipinski definition) is 2.